The first-order valence-corrected chi connectivity index (χ1v) is 12.6. The van der Waals surface area contributed by atoms with E-state index in [4.69, 9.17) is 0 Å². The number of nitrogens with one attached hydrogen (secondary N) is 1. The Labute approximate surface area is 212 Å². The van der Waals surface area contributed by atoms with Gasteiger partial charge in [0.15, 0.2) is 4.96 Å². The number of hydrogen-bond acceptors (Lipinski definition) is 6. The molecule has 5 aromatic rings. The lowest BCUT2D eigenvalue weighted by Gasteiger charge is -2.29. The molecule has 9 heteroatoms. The molecule has 3 heterocycles. The SMILES string of the molecule is Cc1nc2sccn2c1C(=O)NCC[C@H](Cc1ccccc1)N(C)C(=O)c1ccc2nccnc2c1. The number of carbonyl (C=O) groups excluding carboxylic acids is 2. The van der Waals surface area contributed by atoms with Crippen molar-refractivity contribution in [2.75, 3.05) is 13.6 Å². The molecule has 0 bridgehead atoms. The molecule has 0 unspecified atom stereocenters. The molecule has 0 fully saturated rings. The molecule has 2 aromatic carbocycles. The molecule has 36 heavy (non-hydrogen) atoms. The molecule has 0 saturated heterocycles. The Balaban J connectivity index is 1.32. The van der Waals surface area contributed by atoms with E-state index >= 15 is 0 Å². The minimum Gasteiger partial charge on any atom is -0.351 e. The molecule has 2 amide bonds. The third-order valence-electron chi connectivity index (χ3n) is 6.31. The van der Waals surface area contributed by atoms with Crippen molar-refractivity contribution < 1.29 is 9.59 Å². The number of hydrogen-bond donors (Lipinski definition) is 1. The third-order valence-corrected chi connectivity index (χ3v) is 7.07. The van der Waals surface area contributed by atoms with Crippen LogP contribution in [0.2, 0.25) is 0 Å². The maximum atomic E-state index is 13.4. The Hall–Kier alpha value is -4.11. The monoisotopic (exact) mass is 498 g/mol. The van der Waals surface area contributed by atoms with Gasteiger partial charge in [0.2, 0.25) is 0 Å². The number of aryl methyl sites for hydroxylation is 1. The van der Waals surface area contributed by atoms with E-state index in [0.717, 1.165) is 16.0 Å². The molecule has 0 spiro atoms. The van der Waals surface area contributed by atoms with Gasteiger partial charge in [0.1, 0.15) is 5.69 Å². The van der Waals surface area contributed by atoms with E-state index in [0.29, 0.717) is 41.9 Å². The zero-order valence-corrected chi connectivity index (χ0v) is 20.9. The van der Waals surface area contributed by atoms with Crippen molar-refractivity contribution in [1.29, 1.82) is 0 Å². The fourth-order valence-corrected chi connectivity index (χ4v) is 5.15. The summed E-state index contributed by atoms with van der Waals surface area (Å²) in [6.07, 6.45) is 6.38. The largest absolute Gasteiger partial charge is 0.351 e. The van der Waals surface area contributed by atoms with Crippen molar-refractivity contribution in [2.24, 2.45) is 0 Å². The van der Waals surface area contributed by atoms with Crippen molar-refractivity contribution in [2.45, 2.75) is 25.8 Å². The van der Waals surface area contributed by atoms with Crippen molar-refractivity contribution in [3.8, 4) is 0 Å². The molecule has 5 rings (SSSR count). The van der Waals surface area contributed by atoms with Gasteiger partial charge in [0.05, 0.1) is 16.7 Å². The molecule has 182 valence electrons. The summed E-state index contributed by atoms with van der Waals surface area (Å²) in [6.45, 7) is 2.27. The maximum Gasteiger partial charge on any atom is 0.270 e. The molecule has 8 nitrogen and oxygen atoms in total. The molecule has 1 atom stereocenters. The predicted octanol–water partition coefficient (Wildman–Crippen LogP) is 4.15. The highest BCUT2D eigenvalue weighted by atomic mass is 32.1. The summed E-state index contributed by atoms with van der Waals surface area (Å²) in [4.78, 5) is 42.0. The van der Waals surface area contributed by atoms with Gasteiger partial charge in [-0.15, -0.1) is 11.3 Å². The summed E-state index contributed by atoms with van der Waals surface area (Å²) in [6, 6.07) is 15.3. The van der Waals surface area contributed by atoms with Crippen molar-refractivity contribution in [3.63, 3.8) is 0 Å². The van der Waals surface area contributed by atoms with Crippen LogP contribution in [-0.4, -0.2) is 55.7 Å². The molecule has 3 aromatic heterocycles. The van der Waals surface area contributed by atoms with Crippen LogP contribution in [0, 0.1) is 6.92 Å². The van der Waals surface area contributed by atoms with Gasteiger partial charge in [-0.25, -0.2) is 4.98 Å². The van der Waals surface area contributed by atoms with E-state index in [1.807, 2.05) is 54.2 Å². The summed E-state index contributed by atoms with van der Waals surface area (Å²) in [5.41, 5.74) is 4.36. The highest BCUT2D eigenvalue weighted by molar-refractivity contribution is 7.15. The fraction of sp³-hybridized carbons (Fsp3) is 0.222. The summed E-state index contributed by atoms with van der Waals surface area (Å²) < 4.78 is 1.81. The Morgan fingerprint density at radius 3 is 2.67 bits per heavy atom. The minimum absolute atomic E-state index is 0.0959. The van der Waals surface area contributed by atoms with Crippen LogP contribution < -0.4 is 5.32 Å². The van der Waals surface area contributed by atoms with Crippen LogP contribution in [0.4, 0.5) is 0 Å². The van der Waals surface area contributed by atoms with E-state index in [1.165, 1.54) is 11.3 Å². The van der Waals surface area contributed by atoms with Gasteiger partial charge in [-0.3, -0.25) is 24.0 Å². The van der Waals surface area contributed by atoms with Crippen molar-refractivity contribution in [1.82, 2.24) is 29.6 Å². The lowest BCUT2D eigenvalue weighted by Crippen LogP contribution is -2.41. The summed E-state index contributed by atoms with van der Waals surface area (Å²) in [5.74, 6) is -0.264. The van der Waals surface area contributed by atoms with Crippen LogP contribution in [0.1, 0.15) is 38.5 Å². The first-order valence-electron chi connectivity index (χ1n) is 11.7. The molecule has 1 N–H and O–H groups in total. The normalized spacial score (nSPS) is 12.1. The number of fused-ring (bicyclic) bond motifs is 2. The average molecular weight is 499 g/mol. The van der Waals surface area contributed by atoms with E-state index in [9.17, 15) is 9.59 Å². The van der Waals surface area contributed by atoms with Crippen LogP contribution in [0.5, 0.6) is 0 Å². The second-order valence-electron chi connectivity index (χ2n) is 8.67. The lowest BCUT2D eigenvalue weighted by molar-refractivity contribution is 0.0723. The lowest BCUT2D eigenvalue weighted by atomic mass is 10.0. The molecular formula is C27H26N6O2S. The van der Waals surface area contributed by atoms with Gasteiger partial charge in [-0.1, -0.05) is 30.3 Å². The molecule has 0 radical (unpaired) electrons. The molecule has 0 saturated carbocycles. The van der Waals surface area contributed by atoms with Gasteiger partial charge in [0.25, 0.3) is 11.8 Å². The minimum atomic E-state index is -0.168. The number of thiazole rings is 1. The van der Waals surface area contributed by atoms with Gasteiger partial charge in [-0.05, 0) is 43.5 Å². The van der Waals surface area contributed by atoms with Crippen LogP contribution in [0.25, 0.3) is 16.0 Å². The number of rotatable bonds is 8. The smallest absolute Gasteiger partial charge is 0.270 e. The molecule has 0 aliphatic rings. The standard InChI is InChI=1S/C27H26N6O2S/c1-18-24(33-14-15-36-27(33)31-18)25(34)30-11-10-21(16-19-6-4-3-5-7-19)32(2)26(35)20-8-9-22-23(17-20)29-13-12-28-22/h3-9,12-15,17,21H,10-11,16H2,1-2H3,(H,30,34)/t21-/m1/s1. The number of nitrogens with zero attached hydrogens (tertiary/aromatic N) is 5. The number of carbonyl (C=O) groups is 2. The summed E-state index contributed by atoms with van der Waals surface area (Å²) >= 11 is 1.49. The Bertz CT molecular complexity index is 1530. The van der Waals surface area contributed by atoms with E-state index in [2.05, 4.69) is 32.4 Å². The summed E-state index contributed by atoms with van der Waals surface area (Å²) in [7, 11) is 1.81. The number of amides is 2. The highest BCUT2D eigenvalue weighted by Crippen LogP contribution is 2.19. The van der Waals surface area contributed by atoms with E-state index < -0.39 is 0 Å². The number of imidazole rings is 1. The van der Waals surface area contributed by atoms with Gasteiger partial charge < -0.3 is 10.2 Å². The topological polar surface area (TPSA) is 92.5 Å². The zero-order valence-electron chi connectivity index (χ0n) is 20.1. The number of aromatic nitrogens is 4. The highest BCUT2D eigenvalue weighted by Gasteiger charge is 2.23. The van der Waals surface area contributed by atoms with Crippen molar-refractivity contribution >= 4 is 39.1 Å². The summed E-state index contributed by atoms with van der Waals surface area (Å²) in [5, 5.41) is 4.94. The average Bonchev–Trinajstić information content (AvgIpc) is 3.47. The van der Waals surface area contributed by atoms with Crippen LogP contribution >= 0.6 is 11.3 Å². The van der Waals surface area contributed by atoms with Crippen LogP contribution in [0.3, 0.4) is 0 Å². The Kier molecular flexibility index (Phi) is 6.73. The van der Waals surface area contributed by atoms with Gasteiger partial charge >= 0.3 is 0 Å². The predicted molar refractivity (Wildman–Crippen MR) is 140 cm³/mol. The molecule has 0 aliphatic heterocycles. The van der Waals surface area contributed by atoms with E-state index in [1.54, 1.807) is 29.4 Å². The van der Waals surface area contributed by atoms with Gasteiger partial charge in [0, 0.05) is 49.2 Å². The zero-order chi connectivity index (χ0) is 25.1. The van der Waals surface area contributed by atoms with Gasteiger partial charge in [-0.2, -0.15) is 0 Å². The quantitative estimate of drug-likeness (QED) is 0.347. The second kappa shape index (κ2) is 10.2. The Morgan fingerprint density at radius 1 is 1.08 bits per heavy atom. The van der Waals surface area contributed by atoms with Crippen LogP contribution in [0.15, 0.2) is 72.5 Å². The molecular weight excluding hydrogens is 472 g/mol. The van der Waals surface area contributed by atoms with Crippen molar-refractivity contribution in [3.05, 3.63) is 95.0 Å². The fourth-order valence-electron chi connectivity index (χ4n) is 4.39. The number of likely N-dealkylation sites (N-methyl/N-ethyl adjacent to an activating group) is 1. The third kappa shape index (κ3) is 4.83. The van der Waals surface area contributed by atoms with Crippen LogP contribution in [-0.2, 0) is 6.42 Å². The number of benzene rings is 2. The first kappa shape index (κ1) is 23.6. The van der Waals surface area contributed by atoms with E-state index in [-0.39, 0.29) is 17.9 Å². The Morgan fingerprint density at radius 2 is 1.86 bits per heavy atom. The second-order valence-corrected chi connectivity index (χ2v) is 9.54. The molecule has 0 aliphatic carbocycles. The first-order chi connectivity index (χ1) is 17.5. The maximum absolute atomic E-state index is 13.4.